The number of anilines is 1. The molecule has 0 saturated heterocycles. The fourth-order valence-electron chi connectivity index (χ4n) is 1.52. The van der Waals surface area contributed by atoms with Crippen molar-refractivity contribution in [2.45, 2.75) is 6.92 Å². The van der Waals surface area contributed by atoms with Gasteiger partial charge in [0.05, 0.1) is 5.69 Å². The summed E-state index contributed by atoms with van der Waals surface area (Å²) in [6, 6.07) is 7.48. The highest BCUT2D eigenvalue weighted by Gasteiger charge is 2.11. The SMILES string of the molecule is Cc1ccc(Br)c(NC(=O)c2ccnn2C)c1. The second-order valence-electron chi connectivity index (χ2n) is 3.78. The zero-order valence-corrected chi connectivity index (χ0v) is 11.2. The van der Waals surface area contributed by atoms with E-state index in [1.54, 1.807) is 24.0 Å². The van der Waals surface area contributed by atoms with Gasteiger partial charge in [-0.25, -0.2) is 0 Å². The van der Waals surface area contributed by atoms with Gasteiger partial charge in [-0.3, -0.25) is 9.48 Å². The Balaban J connectivity index is 2.24. The number of halogens is 1. The lowest BCUT2D eigenvalue weighted by Gasteiger charge is -2.08. The van der Waals surface area contributed by atoms with Crippen LogP contribution in [0, 0.1) is 6.92 Å². The number of hydrogen-bond acceptors (Lipinski definition) is 2. The van der Waals surface area contributed by atoms with Gasteiger partial charge in [-0.05, 0) is 46.6 Å². The fraction of sp³-hybridized carbons (Fsp3) is 0.167. The molecule has 1 heterocycles. The molecule has 2 aromatic rings. The molecule has 5 heteroatoms. The predicted octanol–water partition coefficient (Wildman–Crippen LogP) is 2.74. The van der Waals surface area contributed by atoms with E-state index in [4.69, 9.17) is 0 Å². The number of hydrogen-bond donors (Lipinski definition) is 1. The molecular weight excluding hydrogens is 282 g/mol. The van der Waals surface area contributed by atoms with Crippen molar-refractivity contribution in [3.8, 4) is 0 Å². The van der Waals surface area contributed by atoms with Crippen LogP contribution in [-0.4, -0.2) is 15.7 Å². The Hall–Kier alpha value is -1.62. The van der Waals surface area contributed by atoms with E-state index in [1.165, 1.54) is 0 Å². The van der Waals surface area contributed by atoms with Crippen LogP contribution in [0.4, 0.5) is 5.69 Å². The summed E-state index contributed by atoms with van der Waals surface area (Å²) in [5.41, 5.74) is 2.38. The van der Waals surface area contributed by atoms with E-state index in [-0.39, 0.29) is 5.91 Å². The molecule has 0 aliphatic rings. The number of nitrogens with one attached hydrogen (secondary N) is 1. The van der Waals surface area contributed by atoms with Gasteiger partial charge in [-0.2, -0.15) is 5.10 Å². The Morgan fingerprint density at radius 2 is 2.18 bits per heavy atom. The summed E-state index contributed by atoms with van der Waals surface area (Å²) in [7, 11) is 1.74. The van der Waals surface area contributed by atoms with E-state index in [1.807, 2.05) is 25.1 Å². The average Bonchev–Trinajstić information content (AvgIpc) is 2.70. The fourth-order valence-corrected chi connectivity index (χ4v) is 1.86. The number of carbonyl (C=O) groups excluding carboxylic acids is 1. The third-order valence-electron chi connectivity index (χ3n) is 2.42. The van der Waals surface area contributed by atoms with Crippen molar-refractivity contribution in [1.29, 1.82) is 0 Å². The quantitative estimate of drug-likeness (QED) is 0.925. The lowest BCUT2D eigenvalue weighted by Crippen LogP contribution is -2.16. The van der Waals surface area contributed by atoms with E-state index in [0.29, 0.717) is 5.69 Å². The first kappa shape index (κ1) is 11.9. The molecule has 0 unspecified atom stereocenters. The molecule has 4 nitrogen and oxygen atoms in total. The topological polar surface area (TPSA) is 46.9 Å². The van der Waals surface area contributed by atoms with Crippen molar-refractivity contribution in [3.63, 3.8) is 0 Å². The lowest BCUT2D eigenvalue weighted by atomic mass is 10.2. The van der Waals surface area contributed by atoms with Crippen LogP contribution in [0.2, 0.25) is 0 Å². The van der Waals surface area contributed by atoms with Gasteiger partial charge in [0.1, 0.15) is 5.69 Å². The molecule has 1 aromatic heterocycles. The zero-order chi connectivity index (χ0) is 12.4. The van der Waals surface area contributed by atoms with Gasteiger partial charge in [0.15, 0.2) is 0 Å². The van der Waals surface area contributed by atoms with E-state index in [0.717, 1.165) is 15.7 Å². The summed E-state index contributed by atoms with van der Waals surface area (Å²) in [4.78, 5) is 12.0. The minimum Gasteiger partial charge on any atom is -0.320 e. The number of benzene rings is 1. The van der Waals surface area contributed by atoms with E-state index < -0.39 is 0 Å². The number of nitrogens with zero attached hydrogens (tertiary/aromatic N) is 2. The standard InChI is InChI=1S/C12H12BrN3O/c1-8-3-4-9(13)10(7-8)15-12(17)11-5-6-14-16(11)2/h3-7H,1-2H3,(H,15,17). The first-order valence-electron chi connectivity index (χ1n) is 5.13. The molecule has 88 valence electrons. The second-order valence-corrected chi connectivity index (χ2v) is 4.63. The first-order valence-corrected chi connectivity index (χ1v) is 5.93. The maximum Gasteiger partial charge on any atom is 0.273 e. The highest BCUT2D eigenvalue weighted by molar-refractivity contribution is 9.10. The second kappa shape index (κ2) is 4.71. The largest absolute Gasteiger partial charge is 0.320 e. The van der Waals surface area contributed by atoms with Crippen LogP contribution in [0.5, 0.6) is 0 Å². The van der Waals surface area contributed by atoms with Crippen LogP contribution in [0.25, 0.3) is 0 Å². The normalized spacial score (nSPS) is 10.3. The summed E-state index contributed by atoms with van der Waals surface area (Å²) in [6.45, 7) is 1.98. The van der Waals surface area contributed by atoms with Gasteiger partial charge in [-0.1, -0.05) is 6.07 Å². The molecule has 0 spiro atoms. The Kier molecular flexibility index (Phi) is 3.28. The number of amides is 1. The van der Waals surface area contributed by atoms with Gasteiger partial charge in [0.25, 0.3) is 5.91 Å². The number of aryl methyl sites for hydroxylation is 2. The van der Waals surface area contributed by atoms with Crippen molar-refractivity contribution < 1.29 is 4.79 Å². The molecule has 0 aliphatic carbocycles. The van der Waals surface area contributed by atoms with Crippen molar-refractivity contribution in [2.24, 2.45) is 7.05 Å². The summed E-state index contributed by atoms with van der Waals surface area (Å²) >= 11 is 3.40. The molecule has 17 heavy (non-hydrogen) atoms. The molecular formula is C12H12BrN3O. The molecule has 1 aromatic carbocycles. The molecule has 1 amide bonds. The Bertz CT molecular complexity index is 563. The molecule has 2 rings (SSSR count). The van der Waals surface area contributed by atoms with Crippen molar-refractivity contribution in [2.75, 3.05) is 5.32 Å². The summed E-state index contributed by atoms with van der Waals surface area (Å²) in [6.07, 6.45) is 1.60. The van der Waals surface area contributed by atoms with Gasteiger partial charge >= 0.3 is 0 Å². The third-order valence-corrected chi connectivity index (χ3v) is 3.12. The first-order chi connectivity index (χ1) is 8.08. The van der Waals surface area contributed by atoms with Crippen molar-refractivity contribution in [3.05, 3.63) is 46.2 Å². The summed E-state index contributed by atoms with van der Waals surface area (Å²) < 4.78 is 2.40. The van der Waals surface area contributed by atoms with Crippen LogP contribution < -0.4 is 5.32 Å². The monoisotopic (exact) mass is 293 g/mol. The van der Waals surface area contributed by atoms with Gasteiger partial charge in [0.2, 0.25) is 0 Å². The van der Waals surface area contributed by atoms with Crippen LogP contribution in [0.15, 0.2) is 34.9 Å². The molecule has 0 fully saturated rings. The van der Waals surface area contributed by atoms with Crippen LogP contribution >= 0.6 is 15.9 Å². The Labute approximate surface area is 108 Å². The maximum absolute atomic E-state index is 12.0. The lowest BCUT2D eigenvalue weighted by molar-refractivity contribution is 0.101. The minimum atomic E-state index is -0.170. The highest BCUT2D eigenvalue weighted by Crippen LogP contribution is 2.23. The smallest absolute Gasteiger partial charge is 0.273 e. The average molecular weight is 294 g/mol. The van der Waals surface area contributed by atoms with Crippen molar-refractivity contribution in [1.82, 2.24) is 9.78 Å². The highest BCUT2D eigenvalue weighted by atomic mass is 79.9. The zero-order valence-electron chi connectivity index (χ0n) is 9.57. The predicted molar refractivity (Wildman–Crippen MR) is 70.0 cm³/mol. The molecule has 0 bridgehead atoms. The van der Waals surface area contributed by atoms with E-state index >= 15 is 0 Å². The maximum atomic E-state index is 12.0. The van der Waals surface area contributed by atoms with Gasteiger partial charge < -0.3 is 5.32 Å². The third kappa shape index (κ3) is 2.55. The van der Waals surface area contributed by atoms with Crippen molar-refractivity contribution >= 4 is 27.5 Å². The number of carbonyl (C=O) groups is 1. The minimum absolute atomic E-state index is 0.170. The molecule has 0 aliphatic heterocycles. The van der Waals surface area contributed by atoms with Gasteiger partial charge in [0, 0.05) is 17.7 Å². The number of aromatic nitrogens is 2. The summed E-state index contributed by atoms with van der Waals surface area (Å²) in [5, 5.41) is 6.81. The number of rotatable bonds is 2. The van der Waals surface area contributed by atoms with E-state index in [9.17, 15) is 4.79 Å². The Morgan fingerprint density at radius 1 is 1.41 bits per heavy atom. The molecule has 0 saturated carbocycles. The Morgan fingerprint density at radius 3 is 2.82 bits per heavy atom. The van der Waals surface area contributed by atoms with Crippen LogP contribution in [0.3, 0.4) is 0 Å². The molecule has 1 N–H and O–H groups in total. The van der Waals surface area contributed by atoms with E-state index in [2.05, 4.69) is 26.3 Å². The molecule has 0 radical (unpaired) electrons. The van der Waals surface area contributed by atoms with Crippen LogP contribution in [-0.2, 0) is 7.05 Å². The van der Waals surface area contributed by atoms with Crippen LogP contribution in [0.1, 0.15) is 16.1 Å². The summed E-state index contributed by atoms with van der Waals surface area (Å²) in [5.74, 6) is -0.170. The van der Waals surface area contributed by atoms with Gasteiger partial charge in [-0.15, -0.1) is 0 Å². The molecule has 0 atom stereocenters.